The molecule has 0 bridgehead atoms. The quantitative estimate of drug-likeness (QED) is 0.345. The summed E-state index contributed by atoms with van der Waals surface area (Å²) in [6.45, 7) is 1.07. The van der Waals surface area contributed by atoms with Gasteiger partial charge < -0.3 is 9.47 Å². The first kappa shape index (κ1) is 12.9. The smallest absolute Gasteiger partial charge is 0.265 e. The van der Waals surface area contributed by atoms with Gasteiger partial charge in [0.15, 0.2) is 0 Å². The number of nitrogens with one attached hydrogen (secondary N) is 1. The molecule has 5 heteroatoms. The van der Waals surface area contributed by atoms with E-state index in [9.17, 15) is 4.79 Å². The molecule has 1 aromatic carbocycles. The minimum Gasteiger partial charge on any atom is -0.491 e. The summed E-state index contributed by atoms with van der Waals surface area (Å²) in [6.07, 6.45) is 4.00. The molecule has 2 rings (SSSR count). The fraction of sp³-hybridized carbons (Fsp3) is 0.462. The van der Waals surface area contributed by atoms with Crippen LogP contribution in [0.3, 0.4) is 0 Å². The number of nitrogen functional groups attached to an aromatic ring is 1. The highest BCUT2D eigenvalue weighted by atomic mass is 16.5. The van der Waals surface area contributed by atoms with Gasteiger partial charge in [-0.3, -0.25) is 10.2 Å². The molecule has 1 aromatic rings. The average Bonchev–Trinajstić information content (AvgIpc) is 2.36. The number of hydrogen-bond acceptors (Lipinski definition) is 4. The standard InChI is InChI=1S/C13H18N2O3/c14-15-13(16)10-3-1-6-12(9-10)18-8-7-17-11-4-2-5-11/h1,3,6,9,11H,2,4-5,7-8,14H2,(H,15,16). The summed E-state index contributed by atoms with van der Waals surface area (Å²) in [4.78, 5) is 11.3. The second-order valence-corrected chi connectivity index (χ2v) is 4.27. The second-order valence-electron chi connectivity index (χ2n) is 4.27. The number of ether oxygens (including phenoxy) is 2. The third kappa shape index (κ3) is 3.45. The molecule has 0 aliphatic heterocycles. The highest BCUT2D eigenvalue weighted by Gasteiger charge is 2.17. The average molecular weight is 250 g/mol. The summed E-state index contributed by atoms with van der Waals surface area (Å²) in [5.74, 6) is 5.39. The zero-order valence-corrected chi connectivity index (χ0v) is 10.2. The van der Waals surface area contributed by atoms with Gasteiger partial charge in [0.2, 0.25) is 0 Å². The lowest BCUT2D eigenvalue weighted by Crippen LogP contribution is -2.29. The Morgan fingerprint density at radius 1 is 1.39 bits per heavy atom. The summed E-state index contributed by atoms with van der Waals surface area (Å²) in [5.41, 5.74) is 2.57. The second kappa shape index (κ2) is 6.37. The Kier molecular flexibility index (Phi) is 4.55. The number of hydrogen-bond donors (Lipinski definition) is 2. The van der Waals surface area contributed by atoms with E-state index in [1.165, 1.54) is 6.42 Å². The van der Waals surface area contributed by atoms with Crippen molar-refractivity contribution >= 4 is 5.91 Å². The van der Waals surface area contributed by atoms with Gasteiger partial charge in [-0.1, -0.05) is 6.07 Å². The van der Waals surface area contributed by atoms with Gasteiger partial charge in [0.05, 0.1) is 12.7 Å². The summed E-state index contributed by atoms with van der Waals surface area (Å²) < 4.78 is 11.1. The minimum absolute atomic E-state index is 0.328. The molecule has 1 aliphatic carbocycles. The van der Waals surface area contributed by atoms with Crippen LogP contribution >= 0.6 is 0 Å². The van der Waals surface area contributed by atoms with E-state index in [2.05, 4.69) is 5.43 Å². The van der Waals surface area contributed by atoms with Gasteiger partial charge in [-0.05, 0) is 37.5 Å². The Balaban J connectivity index is 1.75. The predicted molar refractivity (Wildman–Crippen MR) is 67.2 cm³/mol. The SMILES string of the molecule is NNC(=O)c1cccc(OCCOC2CCC2)c1. The molecule has 0 spiro atoms. The highest BCUT2D eigenvalue weighted by molar-refractivity contribution is 5.94. The number of rotatable bonds is 6. The van der Waals surface area contributed by atoms with Crippen LogP contribution in [-0.2, 0) is 4.74 Å². The Hall–Kier alpha value is -1.59. The van der Waals surface area contributed by atoms with Crippen LogP contribution in [0.25, 0.3) is 0 Å². The normalized spacial score (nSPS) is 14.9. The molecule has 1 saturated carbocycles. The summed E-state index contributed by atoms with van der Waals surface area (Å²) >= 11 is 0. The van der Waals surface area contributed by atoms with Gasteiger partial charge in [0.25, 0.3) is 5.91 Å². The topological polar surface area (TPSA) is 73.6 Å². The molecule has 1 aliphatic rings. The van der Waals surface area contributed by atoms with Crippen LogP contribution in [0, 0.1) is 0 Å². The van der Waals surface area contributed by atoms with Gasteiger partial charge in [-0.2, -0.15) is 0 Å². The van der Waals surface area contributed by atoms with E-state index in [-0.39, 0.29) is 5.91 Å². The van der Waals surface area contributed by atoms with Crippen molar-refractivity contribution in [3.8, 4) is 5.75 Å². The molecule has 1 amide bonds. The number of carbonyl (C=O) groups excluding carboxylic acids is 1. The van der Waals surface area contributed by atoms with Gasteiger partial charge in [0, 0.05) is 5.56 Å². The van der Waals surface area contributed by atoms with Gasteiger partial charge in [-0.25, -0.2) is 5.84 Å². The predicted octanol–water partition coefficient (Wildman–Crippen LogP) is 1.24. The first-order chi connectivity index (χ1) is 8.79. The van der Waals surface area contributed by atoms with Crippen molar-refractivity contribution in [2.45, 2.75) is 25.4 Å². The Labute approximate surface area is 106 Å². The summed E-state index contributed by atoms with van der Waals surface area (Å²) in [5, 5.41) is 0. The zero-order valence-electron chi connectivity index (χ0n) is 10.2. The lowest BCUT2D eigenvalue weighted by Gasteiger charge is -2.25. The van der Waals surface area contributed by atoms with E-state index in [1.807, 2.05) is 0 Å². The van der Waals surface area contributed by atoms with Crippen LogP contribution < -0.4 is 16.0 Å². The van der Waals surface area contributed by atoms with Crippen molar-refractivity contribution < 1.29 is 14.3 Å². The summed E-state index contributed by atoms with van der Waals surface area (Å²) in [7, 11) is 0. The van der Waals surface area contributed by atoms with Gasteiger partial charge in [-0.15, -0.1) is 0 Å². The maximum absolute atomic E-state index is 11.3. The Morgan fingerprint density at radius 3 is 2.89 bits per heavy atom. The van der Waals surface area contributed by atoms with Crippen molar-refractivity contribution in [3.05, 3.63) is 29.8 Å². The molecule has 0 aromatic heterocycles. The summed E-state index contributed by atoms with van der Waals surface area (Å²) in [6, 6.07) is 6.90. The number of benzene rings is 1. The first-order valence-corrected chi connectivity index (χ1v) is 6.15. The Morgan fingerprint density at radius 2 is 2.22 bits per heavy atom. The zero-order chi connectivity index (χ0) is 12.8. The third-order valence-electron chi connectivity index (χ3n) is 2.99. The first-order valence-electron chi connectivity index (χ1n) is 6.15. The number of hydrazine groups is 1. The van der Waals surface area contributed by atoms with Crippen LogP contribution in [0.5, 0.6) is 5.75 Å². The van der Waals surface area contributed by atoms with Crippen LogP contribution in [-0.4, -0.2) is 25.2 Å². The van der Waals surface area contributed by atoms with Crippen LogP contribution in [0.1, 0.15) is 29.6 Å². The molecule has 5 nitrogen and oxygen atoms in total. The van der Waals surface area contributed by atoms with Crippen LogP contribution in [0.4, 0.5) is 0 Å². The van der Waals surface area contributed by atoms with Gasteiger partial charge in [0.1, 0.15) is 12.4 Å². The fourth-order valence-corrected chi connectivity index (χ4v) is 1.72. The molecular formula is C13H18N2O3. The molecule has 0 heterocycles. The van der Waals surface area contributed by atoms with Crippen molar-refractivity contribution in [1.29, 1.82) is 0 Å². The molecule has 0 saturated heterocycles. The minimum atomic E-state index is -0.328. The van der Waals surface area contributed by atoms with E-state index in [4.69, 9.17) is 15.3 Å². The van der Waals surface area contributed by atoms with Crippen LogP contribution in [0.15, 0.2) is 24.3 Å². The number of amides is 1. The fourth-order valence-electron chi connectivity index (χ4n) is 1.72. The molecule has 1 fully saturated rings. The molecule has 98 valence electrons. The van der Waals surface area contributed by atoms with Gasteiger partial charge >= 0.3 is 0 Å². The molecular weight excluding hydrogens is 232 g/mol. The van der Waals surface area contributed by atoms with Crippen molar-refractivity contribution in [1.82, 2.24) is 5.43 Å². The van der Waals surface area contributed by atoms with Crippen molar-refractivity contribution in [2.75, 3.05) is 13.2 Å². The maximum atomic E-state index is 11.3. The molecule has 18 heavy (non-hydrogen) atoms. The largest absolute Gasteiger partial charge is 0.491 e. The highest BCUT2D eigenvalue weighted by Crippen LogP contribution is 2.21. The molecule has 3 N–H and O–H groups in total. The van der Waals surface area contributed by atoms with E-state index in [1.54, 1.807) is 24.3 Å². The maximum Gasteiger partial charge on any atom is 0.265 e. The van der Waals surface area contributed by atoms with E-state index >= 15 is 0 Å². The van der Waals surface area contributed by atoms with Crippen molar-refractivity contribution in [2.24, 2.45) is 5.84 Å². The van der Waals surface area contributed by atoms with E-state index in [0.717, 1.165) is 12.8 Å². The van der Waals surface area contributed by atoms with E-state index in [0.29, 0.717) is 30.6 Å². The number of carbonyl (C=O) groups is 1. The Bertz CT molecular complexity index is 405. The number of nitrogens with two attached hydrogens (primary N) is 1. The van der Waals surface area contributed by atoms with E-state index < -0.39 is 0 Å². The lowest BCUT2D eigenvalue weighted by molar-refractivity contribution is -0.0103. The monoisotopic (exact) mass is 250 g/mol. The van der Waals surface area contributed by atoms with Crippen LogP contribution in [0.2, 0.25) is 0 Å². The van der Waals surface area contributed by atoms with Crippen molar-refractivity contribution in [3.63, 3.8) is 0 Å². The molecule has 0 atom stereocenters. The molecule has 0 unspecified atom stereocenters. The molecule has 0 radical (unpaired) electrons. The lowest BCUT2D eigenvalue weighted by atomic mass is 9.96. The third-order valence-corrected chi connectivity index (χ3v) is 2.99.